The molecule has 0 radical (unpaired) electrons. The molecule has 1 unspecified atom stereocenters. The van der Waals surface area contributed by atoms with Crippen molar-refractivity contribution < 1.29 is 0 Å². The lowest BCUT2D eigenvalue weighted by Gasteiger charge is -2.25. The third kappa shape index (κ3) is 4.76. The number of halogens is 1. The van der Waals surface area contributed by atoms with Crippen molar-refractivity contribution in [3.8, 4) is 0 Å². The number of anilines is 1. The Hall–Kier alpha value is -1.51. The molecule has 0 saturated carbocycles. The maximum atomic E-state index is 6.06. The first kappa shape index (κ1) is 15.9. The van der Waals surface area contributed by atoms with Crippen LogP contribution in [-0.4, -0.2) is 18.5 Å². The van der Waals surface area contributed by atoms with Crippen LogP contribution in [0.3, 0.4) is 0 Å². The predicted molar refractivity (Wildman–Crippen MR) is 91.7 cm³/mol. The summed E-state index contributed by atoms with van der Waals surface area (Å²) >= 11 is 6.06. The zero-order valence-corrected chi connectivity index (χ0v) is 13.5. The Balaban J connectivity index is 1.85. The normalized spacial score (nSPS) is 12.6. The summed E-state index contributed by atoms with van der Waals surface area (Å²) in [5.41, 5.74) is 9.21. The van der Waals surface area contributed by atoms with Gasteiger partial charge in [0, 0.05) is 16.8 Å². The second kappa shape index (κ2) is 7.48. The number of nitrogens with two attached hydrogens (primary N) is 1. The molecule has 2 aromatic rings. The van der Waals surface area contributed by atoms with E-state index in [2.05, 4.69) is 37.1 Å². The van der Waals surface area contributed by atoms with Crippen molar-refractivity contribution >= 4 is 17.3 Å². The standard InChI is InChI=1S/C18H23ClN2/c1-14(16-8-4-9-17(19)13-16)21(2)11-5-7-15-6-3-10-18(20)12-15/h3-4,6,8-10,12-14H,5,7,11,20H2,1-2H3. The summed E-state index contributed by atoms with van der Waals surface area (Å²) in [7, 11) is 2.16. The van der Waals surface area contributed by atoms with Crippen LogP contribution in [0.1, 0.15) is 30.5 Å². The summed E-state index contributed by atoms with van der Waals surface area (Å²) in [4.78, 5) is 2.36. The van der Waals surface area contributed by atoms with Crippen molar-refractivity contribution in [2.24, 2.45) is 0 Å². The van der Waals surface area contributed by atoms with Gasteiger partial charge in [-0.15, -0.1) is 0 Å². The van der Waals surface area contributed by atoms with Gasteiger partial charge in [0.05, 0.1) is 0 Å². The highest BCUT2D eigenvalue weighted by molar-refractivity contribution is 6.30. The molecular weight excluding hydrogens is 280 g/mol. The first-order chi connectivity index (χ1) is 10.1. The summed E-state index contributed by atoms with van der Waals surface area (Å²) < 4.78 is 0. The molecule has 0 aromatic heterocycles. The van der Waals surface area contributed by atoms with Crippen LogP contribution in [0, 0.1) is 0 Å². The molecule has 2 rings (SSSR count). The number of hydrogen-bond donors (Lipinski definition) is 1. The highest BCUT2D eigenvalue weighted by atomic mass is 35.5. The van der Waals surface area contributed by atoms with E-state index in [1.54, 1.807) is 0 Å². The number of rotatable bonds is 6. The molecule has 0 spiro atoms. The van der Waals surface area contributed by atoms with Gasteiger partial charge in [0.2, 0.25) is 0 Å². The summed E-state index contributed by atoms with van der Waals surface area (Å²) in [6, 6.07) is 16.6. The van der Waals surface area contributed by atoms with E-state index in [0.717, 1.165) is 30.1 Å². The van der Waals surface area contributed by atoms with E-state index in [1.165, 1.54) is 11.1 Å². The van der Waals surface area contributed by atoms with Crippen LogP contribution in [0.15, 0.2) is 48.5 Å². The molecule has 2 N–H and O–H groups in total. The van der Waals surface area contributed by atoms with Crippen LogP contribution in [0.4, 0.5) is 5.69 Å². The molecule has 1 atom stereocenters. The molecule has 2 nitrogen and oxygen atoms in total. The van der Waals surface area contributed by atoms with E-state index in [0.29, 0.717) is 6.04 Å². The molecule has 0 aliphatic carbocycles. The Morgan fingerprint density at radius 3 is 2.62 bits per heavy atom. The second-order valence-electron chi connectivity index (χ2n) is 5.56. The van der Waals surface area contributed by atoms with E-state index in [1.807, 2.05) is 30.3 Å². The molecule has 0 aliphatic rings. The van der Waals surface area contributed by atoms with Crippen molar-refractivity contribution in [1.82, 2.24) is 4.90 Å². The van der Waals surface area contributed by atoms with Gasteiger partial charge in [-0.25, -0.2) is 0 Å². The third-order valence-electron chi connectivity index (χ3n) is 3.92. The maximum Gasteiger partial charge on any atom is 0.0409 e. The highest BCUT2D eigenvalue weighted by Gasteiger charge is 2.11. The van der Waals surface area contributed by atoms with E-state index in [-0.39, 0.29) is 0 Å². The maximum absolute atomic E-state index is 6.06. The minimum atomic E-state index is 0.365. The second-order valence-corrected chi connectivity index (χ2v) is 6.00. The van der Waals surface area contributed by atoms with E-state index >= 15 is 0 Å². The lowest BCUT2D eigenvalue weighted by atomic mass is 10.1. The van der Waals surface area contributed by atoms with Gasteiger partial charge in [-0.1, -0.05) is 35.9 Å². The Bertz CT molecular complexity index is 583. The van der Waals surface area contributed by atoms with E-state index in [4.69, 9.17) is 17.3 Å². The summed E-state index contributed by atoms with van der Waals surface area (Å²) in [6.45, 7) is 3.26. The molecular formula is C18H23ClN2. The van der Waals surface area contributed by atoms with Crippen molar-refractivity contribution in [2.45, 2.75) is 25.8 Å². The SMILES string of the molecule is CC(c1cccc(Cl)c1)N(C)CCCc1cccc(N)c1. The lowest BCUT2D eigenvalue weighted by molar-refractivity contribution is 0.258. The average Bonchev–Trinajstić information content (AvgIpc) is 2.46. The van der Waals surface area contributed by atoms with Crippen LogP contribution >= 0.6 is 11.6 Å². The summed E-state index contributed by atoms with van der Waals surface area (Å²) in [5.74, 6) is 0. The minimum Gasteiger partial charge on any atom is -0.399 e. The van der Waals surface area contributed by atoms with Gasteiger partial charge >= 0.3 is 0 Å². The third-order valence-corrected chi connectivity index (χ3v) is 4.15. The topological polar surface area (TPSA) is 29.3 Å². The fraction of sp³-hybridized carbons (Fsp3) is 0.333. The molecule has 0 saturated heterocycles. The zero-order valence-electron chi connectivity index (χ0n) is 12.7. The highest BCUT2D eigenvalue weighted by Crippen LogP contribution is 2.22. The van der Waals surface area contributed by atoms with Gasteiger partial charge in [-0.05, 0) is 68.8 Å². The van der Waals surface area contributed by atoms with Crippen molar-refractivity contribution in [1.29, 1.82) is 0 Å². The van der Waals surface area contributed by atoms with E-state index < -0.39 is 0 Å². The molecule has 21 heavy (non-hydrogen) atoms. The van der Waals surface area contributed by atoms with Crippen LogP contribution < -0.4 is 5.73 Å². The fourth-order valence-electron chi connectivity index (χ4n) is 2.50. The van der Waals surface area contributed by atoms with Crippen LogP contribution in [0.2, 0.25) is 5.02 Å². The Kier molecular flexibility index (Phi) is 5.66. The number of hydrogen-bond acceptors (Lipinski definition) is 2. The predicted octanol–water partition coefficient (Wildman–Crippen LogP) is 4.55. The Morgan fingerprint density at radius 1 is 1.14 bits per heavy atom. The quantitative estimate of drug-likeness (QED) is 0.793. The molecule has 2 aromatic carbocycles. The van der Waals surface area contributed by atoms with Gasteiger partial charge in [0.1, 0.15) is 0 Å². The Labute approximate surface area is 132 Å². The van der Waals surface area contributed by atoms with Gasteiger partial charge in [-0.3, -0.25) is 4.90 Å². The molecule has 0 fully saturated rings. The number of nitrogen functional groups attached to an aromatic ring is 1. The largest absolute Gasteiger partial charge is 0.399 e. The average molecular weight is 303 g/mol. The fourth-order valence-corrected chi connectivity index (χ4v) is 2.69. The van der Waals surface area contributed by atoms with Crippen LogP contribution in [0.25, 0.3) is 0 Å². The summed E-state index contributed by atoms with van der Waals surface area (Å²) in [6.07, 6.45) is 2.17. The molecule has 0 heterocycles. The molecule has 0 bridgehead atoms. The van der Waals surface area contributed by atoms with Gasteiger partial charge in [-0.2, -0.15) is 0 Å². The first-order valence-electron chi connectivity index (χ1n) is 7.36. The van der Waals surface area contributed by atoms with Crippen LogP contribution in [0.5, 0.6) is 0 Å². The van der Waals surface area contributed by atoms with Crippen LogP contribution in [-0.2, 0) is 6.42 Å². The van der Waals surface area contributed by atoms with Crippen molar-refractivity contribution in [3.63, 3.8) is 0 Å². The van der Waals surface area contributed by atoms with Crippen molar-refractivity contribution in [2.75, 3.05) is 19.3 Å². The number of aryl methyl sites for hydroxylation is 1. The van der Waals surface area contributed by atoms with Gasteiger partial charge in [0.25, 0.3) is 0 Å². The number of nitrogens with zero attached hydrogens (tertiary/aromatic N) is 1. The van der Waals surface area contributed by atoms with Gasteiger partial charge < -0.3 is 5.73 Å². The molecule has 3 heteroatoms. The molecule has 0 amide bonds. The molecule has 0 aliphatic heterocycles. The van der Waals surface area contributed by atoms with Gasteiger partial charge in [0.15, 0.2) is 0 Å². The summed E-state index contributed by atoms with van der Waals surface area (Å²) in [5, 5.41) is 0.799. The zero-order chi connectivity index (χ0) is 15.2. The van der Waals surface area contributed by atoms with Crippen molar-refractivity contribution in [3.05, 3.63) is 64.7 Å². The van der Waals surface area contributed by atoms with E-state index in [9.17, 15) is 0 Å². The number of benzene rings is 2. The smallest absolute Gasteiger partial charge is 0.0409 e. The Morgan fingerprint density at radius 2 is 1.90 bits per heavy atom. The minimum absolute atomic E-state index is 0.365. The molecule has 112 valence electrons. The first-order valence-corrected chi connectivity index (χ1v) is 7.74. The lowest BCUT2D eigenvalue weighted by Crippen LogP contribution is -2.23. The monoisotopic (exact) mass is 302 g/mol.